The van der Waals surface area contributed by atoms with Gasteiger partial charge in [-0.05, 0) is 69.3 Å². The van der Waals surface area contributed by atoms with Gasteiger partial charge >= 0.3 is 24.1 Å². The lowest BCUT2D eigenvalue weighted by atomic mass is 9.98. The molecule has 2 aromatic carbocycles. The first-order valence-corrected chi connectivity index (χ1v) is 17.6. The van der Waals surface area contributed by atoms with Gasteiger partial charge in [0.05, 0.1) is 25.9 Å². The largest absolute Gasteiger partial charge is 0.480 e. The van der Waals surface area contributed by atoms with Gasteiger partial charge in [0.15, 0.2) is 0 Å². The standard InChI is InChI=1S/C30H36N6O8S3/c1-18-8-6-11-22(35-28(40)32-13-12-31-27(39)33-17-24(37)38)25(18)19-9-7-10-21(14-19)47(42,43)23-15-20(46-26(23)45-5)16-34-36-29(41)44-30(2,3)4/h6-11,14-16H,12-13,17H2,1-5H3,(H,36,41)(H,37,38)(H2,31,33,39)(H2,32,35,40). The van der Waals surface area contributed by atoms with Gasteiger partial charge in [-0.15, -0.1) is 23.1 Å². The summed E-state index contributed by atoms with van der Waals surface area (Å²) in [7, 11) is -3.99. The maximum absolute atomic E-state index is 13.9. The van der Waals surface area contributed by atoms with Crippen LogP contribution in [-0.2, 0) is 19.4 Å². The van der Waals surface area contributed by atoms with Crippen LogP contribution in [0.2, 0.25) is 0 Å². The van der Waals surface area contributed by atoms with E-state index in [1.165, 1.54) is 41.4 Å². The number of sulfone groups is 1. The third kappa shape index (κ3) is 11.0. The van der Waals surface area contributed by atoms with Crippen molar-refractivity contribution in [2.75, 3.05) is 31.2 Å². The van der Waals surface area contributed by atoms with Gasteiger partial charge in [-0.1, -0.05) is 24.3 Å². The molecule has 1 heterocycles. The van der Waals surface area contributed by atoms with Gasteiger partial charge < -0.3 is 31.1 Å². The van der Waals surface area contributed by atoms with E-state index in [4.69, 9.17) is 9.84 Å². The predicted molar refractivity (Wildman–Crippen MR) is 181 cm³/mol. The second-order valence-electron chi connectivity index (χ2n) is 10.8. The monoisotopic (exact) mass is 704 g/mol. The Morgan fingerprint density at radius 3 is 2.34 bits per heavy atom. The number of carbonyl (C=O) groups is 4. The van der Waals surface area contributed by atoms with E-state index in [-0.39, 0.29) is 22.9 Å². The SMILES string of the molecule is CSc1sc(C=NNC(=O)OC(C)(C)C)cc1S(=O)(=O)c1cccc(-c2c(C)cccc2NC(=O)NCCNC(=O)NCC(=O)O)c1. The quantitative estimate of drug-likeness (QED) is 0.0672. The summed E-state index contributed by atoms with van der Waals surface area (Å²) >= 11 is 2.48. The molecule has 5 amide bonds. The van der Waals surface area contributed by atoms with Crippen LogP contribution < -0.4 is 26.7 Å². The number of carbonyl (C=O) groups excluding carboxylic acids is 3. The number of carboxylic acids is 1. The molecule has 0 atom stereocenters. The maximum Gasteiger partial charge on any atom is 0.428 e. The Kier molecular flexibility index (Phi) is 12.8. The van der Waals surface area contributed by atoms with Gasteiger partial charge in [0.25, 0.3) is 0 Å². The fourth-order valence-electron chi connectivity index (χ4n) is 4.06. The van der Waals surface area contributed by atoms with Crippen LogP contribution >= 0.6 is 23.1 Å². The van der Waals surface area contributed by atoms with E-state index in [9.17, 15) is 27.6 Å². The second kappa shape index (κ2) is 16.3. The van der Waals surface area contributed by atoms with E-state index in [0.29, 0.717) is 25.9 Å². The summed E-state index contributed by atoms with van der Waals surface area (Å²) in [6.07, 6.45) is 2.38. The Hall–Kier alpha value is -4.61. The number of hydrazone groups is 1. The summed E-state index contributed by atoms with van der Waals surface area (Å²) in [5, 5.41) is 22.4. The first-order valence-electron chi connectivity index (χ1n) is 14.0. The predicted octanol–water partition coefficient (Wildman–Crippen LogP) is 4.64. The lowest BCUT2D eigenvalue weighted by molar-refractivity contribution is -0.135. The Bertz CT molecular complexity index is 1770. The van der Waals surface area contributed by atoms with Crippen LogP contribution in [-0.4, -0.2) is 75.4 Å². The van der Waals surface area contributed by atoms with Crippen LogP contribution in [0.15, 0.2) is 67.6 Å². The summed E-state index contributed by atoms with van der Waals surface area (Å²) in [4.78, 5) is 47.3. The van der Waals surface area contributed by atoms with E-state index >= 15 is 0 Å². The number of hydrogen-bond donors (Lipinski definition) is 6. The van der Waals surface area contributed by atoms with E-state index in [1.54, 1.807) is 57.4 Å². The molecule has 17 heteroatoms. The third-order valence-electron chi connectivity index (χ3n) is 5.96. The third-order valence-corrected chi connectivity index (χ3v) is 10.2. The van der Waals surface area contributed by atoms with E-state index in [1.807, 2.05) is 13.0 Å². The van der Waals surface area contributed by atoms with Crippen molar-refractivity contribution in [3.05, 3.63) is 59.0 Å². The number of ether oxygens (including phenoxy) is 1. The molecule has 3 rings (SSSR count). The summed E-state index contributed by atoms with van der Waals surface area (Å²) in [6.45, 7) is 6.58. The zero-order valence-electron chi connectivity index (χ0n) is 26.3. The molecule has 0 saturated heterocycles. The minimum Gasteiger partial charge on any atom is -0.480 e. The summed E-state index contributed by atoms with van der Waals surface area (Å²) in [5.41, 5.74) is 3.95. The normalized spacial score (nSPS) is 11.5. The number of nitrogens with zero attached hydrogens (tertiary/aromatic N) is 1. The highest BCUT2D eigenvalue weighted by molar-refractivity contribution is 8.01. The smallest absolute Gasteiger partial charge is 0.428 e. The number of rotatable bonds is 12. The lowest BCUT2D eigenvalue weighted by Crippen LogP contribution is -2.42. The minimum atomic E-state index is -3.99. The van der Waals surface area contributed by atoms with E-state index in [2.05, 4.69) is 31.8 Å². The number of aryl methyl sites for hydroxylation is 1. The van der Waals surface area contributed by atoms with Crippen molar-refractivity contribution in [1.29, 1.82) is 0 Å². The minimum absolute atomic E-state index is 0.0457. The Morgan fingerprint density at radius 1 is 1.00 bits per heavy atom. The molecule has 252 valence electrons. The van der Waals surface area contributed by atoms with Gasteiger partial charge in [0.2, 0.25) is 9.84 Å². The van der Waals surface area contributed by atoms with Crippen molar-refractivity contribution < 1.29 is 37.4 Å². The first kappa shape index (κ1) is 36.9. The molecule has 0 aliphatic carbocycles. The van der Waals surface area contributed by atoms with Crippen LogP contribution in [0, 0.1) is 6.92 Å². The number of benzene rings is 2. The summed E-state index contributed by atoms with van der Waals surface area (Å²) < 4.78 is 33.5. The number of thioether (sulfide) groups is 1. The number of amides is 5. The van der Waals surface area contributed by atoms with E-state index < -0.39 is 46.1 Å². The average Bonchev–Trinajstić information content (AvgIpc) is 3.42. The number of hydrogen-bond acceptors (Lipinski definition) is 10. The highest BCUT2D eigenvalue weighted by atomic mass is 32.2. The van der Waals surface area contributed by atoms with Crippen molar-refractivity contribution in [3.8, 4) is 11.1 Å². The van der Waals surface area contributed by atoms with Gasteiger partial charge in [0, 0.05) is 23.5 Å². The van der Waals surface area contributed by atoms with Gasteiger partial charge in [-0.25, -0.2) is 28.2 Å². The number of nitrogens with one attached hydrogen (secondary N) is 5. The molecule has 0 fully saturated rings. The van der Waals surface area contributed by atoms with Gasteiger partial charge in [-0.2, -0.15) is 5.10 Å². The van der Waals surface area contributed by atoms with Crippen molar-refractivity contribution in [3.63, 3.8) is 0 Å². The molecule has 0 spiro atoms. The second-order valence-corrected chi connectivity index (χ2v) is 14.9. The highest BCUT2D eigenvalue weighted by Gasteiger charge is 2.25. The zero-order valence-corrected chi connectivity index (χ0v) is 28.7. The molecule has 0 aliphatic heterocycles. The molecule has 0 bridgehead atoms. The van der Waals surface area contributed by atoms with E-state index in [0.717, 1.165) is 5.56 Å². The molecular weight excluding hydrogens is 669 g/mol. The Balaban J connectivity index is 1.78. The Labute approximate surface area is 280 Å². The molecule has 3 aromatic rings. The maximum atomic E-state index is 13.9. The zero-order chi connectivity index (χ0) is 34.8. The fraction of sp³-hybridized carbons (Fsp3) is 0.300. The molecule has 14 nitrogen and oxygen atoms in total. The molecule has 47 heavy (non-hydrogen) atoms. The molecular formula is C30H36N6O8S3. The number of anilines is 1. The number of aliphatic carboxylic acids is 1. The Morgan fingerprint density at radius 2 is 1.68 bits per heavy atom. The number of urea groups is 2. The van der Waals surface area contributed by atoms with Crippen molar-refractivity contribution in [2.45, 2.75) is 47.3 Å². The van der Waals surface area contributed by atoms with Crippen LogP contribution in [0.25, 0.3) is 11.1 Å². The molecule has 0 saturated carbocycles. The number of thiophene rings is 1. The molecule has 0 radical (unpaired) electrons. The molecule has 6 N–H and O–H groups in total. The number of carboxylic acid groups (broad SMARTS) is 1. The lowest BCUT2D eigenvalue weighted by Gasteiger charge is -2.18. The average molecular weight is 705 g/mol. The van der Waals surface area contributed by atoms with Crippen LogP contribution in [0.1, 0.15) is 31.2 Å². The van der Waals surface area contributed by atoms with Crippen LogP contribution in [0.5, 0.6) is 0 Å². The first-order chi connectivity index (χ1) is 22.1. The molecule has 0 unspecified atom stereocenters. The highest BCUT2D eigenvalue weighted by Crippen LogP contribution is 2.38. The van der Waals surface area contributed by atoms with Crippen molar-refractivity contribution in [1.82, 2.24) is 21.4 Å². The van der Waals surface area contributed by atoms with Crippen molar-refractivity contribution >= 4 is 69.0 Å². The van der Waals surface area contributed by atoms with Gasteiger partial charge in [0.1, 0.15) is 12.1 Å². The fourth-order valence-corrected chi connectivity index (χ4v) is 8.00. The molecule has 1 aromatic heterocycles. The molecule has 0 aliphatic rings. The van der Waals surface area contributed by atoms with Crippen molar-refractivity contribution in [2.24, 2.45) is 5.10 Å². The summed E-state index contributed by atoms with van der Waals surface area (Å²) in [5.74, 6) is -1.18. The van der Waals surface area contributed by atoms with Crippen LogP contribution in [0.3, 0.4) is 0 Å². The van der Waals surface area contributed by atoms with Crippen LogP contribution in [0.4, 0.5) is 20.1 Å². The van der Waals surface area contributed by atoms with Gasteiger partial charge in [-0.3, -0.25) is 4.79 Å². The topological polar surface area (TPSA) is 204 Å². The summed E-state index contributed by atoms with van der Waals surface area (Å²) in [6, 6.07) is 11.9.